The Morgan fingerprint density at radius 3 is 1.65 bits per heavy atom. The van der Waals surface area contributed by atoms with Crippen molar-refractivity contribution >= 4 is 26.8 Å². The van der Waals surface area contributed by atoms with Crippen molar-refractivity contribution in [2.24, 2.45) is 0 Å². The van der Waals surface area contributed by atoms with Gasteiger partial charge in [-0.25, -0.2) is 13.2 Å². The van der Waals surface area contributed by atoms with Gasteiger partial charge >= 0.3 is 16.4 Å². The second kappa shape index (κ2) is 13.3. The largest absolute Gasteiger partial charge is 0.726 e. The van der Waals surface area contributed by atoms with Gasteiger partial charge in [-0.2, -0.15) is 8.42 Å². The van der Waals surface area contributed by atoms with E-state index in [0.717, 1.165) is 26.8 Å². The first-order valence-electron chi connectivity index (χ1n) is 5.37. The number of quaternary nitrogens is 1. The molecule has 0 radical (unpaired) electrons. The maximum absolute atomic E-state index is 10.6. The topological polar surface area (TPSA) is 191 Å². The third-order valence-corrected chi connectivity index (χ3v) is 2.51. The van der Waals surface area contributed by atoms with E-state index in [1.165, 1.54) is 0 Å². The summed E-state index contributed by atoms with van der Waals surface area (Å²) >= 11 is 0. The molecule has 4 N–H and O–H groups in total. The molecule has 23 heavy (non-hydrogen) atoms. The molecule has 0 unspecified atom stereocenters. The standard InChI is InChI=1S/C7H14NO2.2CH4O4S.H3N/c1-5-7(9)10-8(3,4)6-2;2*1-5-6(2,3)4;/h5H,1,6H2,2-4H3;2*1H3,(H,2,3,4);1H3/q+1;;;/p-1. The van der Waals surface area contributed by atoms with Crippen molar-refractivity contribution in [1.82, 2.24) is 6.15 Å². The quantitative estimate of drug-likeness (QED) is 0.202. The highest BCUT2D eigenvalue weighted by Gasteiger charge is 2.16. The summed E-state index contributed by atoms with van der Waals surface area (Å²) in [6, 6.07) is 0. The minimum Gasteiger partial charge on any atom is -0.726 e. The van der Waals surface area contributed by atoms with Crippen molar-refractivity contribution in [3.05, 3.63) is 12.7 Å². The molecule has 0 saturated carbocycles. The number of rotatable bonds is 5. The first-order valence-corrected chi connectivity index (χ1v) is 8.07. The van der Waals surface area contributed by atoms with E-state index in [1.807, 2.05) is 6.92 Å². The van der Waals surface area contributed by atoms with E-state index in [-0.39, 0.29) is 16.8 Å². The number of nitrogens with zero attached hydrogens (tertiary/aromatic N) is 1. The average Bonchev–Trinajstić information content (AvgIpc) is 2.38. The summed E-state index contributed by atoms with van der Waals surface area (Å²) in [5.74, 6) is -0.383. The van der Waals surface area contributed by atoms with Crippen LogP contribution in [0.2, 0.25) is 0 Å². The van der Waals surface area contributed by atoms with E-state index in [4.69, 9.17) is 9.39 Å². The summed E-state index contributed by atoms with van der Waals surface area (Å²) in [5.41, 5.74) is 0. The van der Waals surface area contributed by atoms with Crippen LogP contribution < -0.4 is 6.15 Å². The monoisotopic (exact) mass is 384 g/mol. The molecule has 0 aliphatic heterocycles. The van der Waals surface area contributed by atoms with Gasteiger partial charge in [-0.1, -0.05) is 6.58 Å². The molecule has 0 amide bonds. The molecule has 0 aliphatic carbocycles. The molecule has 0 aromatic rings. The zero-order valence-electron chi connectivity index (χ0n) is 13.6. The van der Waals surface area contributed by atoms with Crippen molar-refractivity contribution in [1.29, 1.82) is 0 Å². The highest BCUT2D eigenvalue weighted by molar-refractivity contribution is 7.81. The lowest BCUT2D eigenvalue weighted by atomic mass is 10.6. The smallest absolute Gasteiger partial charge is 0.397 e. The lowest BCUT2D eigenvalue weighted by Crippen LogP contribution is -2.40. The summed E-state index contributed by atoms with van der Waals surface area (Å²) in [6.07, 6.45) is 1.16. The molecule has 0 spiro atoms. The maximum Gasteiger partial charge on any atom is 0.397 e. The van der Waals surface area contributed by atoms with Crippen molar-refractivity contribution < 1.29 is 48.6 Å². The second-order valence-corrected chi connectivity index (χ2v) is 6.01. The third-order valence-electron chi connectivity index (χ3n) is 1.68. The fourth-order valence-electron chi connectivity index (χ4n) is 0.345. The molecule has 0 aromatic heterocycles. The van der Waals surface area contributed by atoms with Gasteiger partial charge in [-0.15, -0.1) is 4.65 Å². The van der Waals surface area contributed by atoms with E-state index in [2.05, 4.69) is 14.9 Å². The van der Waals surface area contributed by atoms with E-state index in [9.17, 15) is 26.2 Å². The van der Waals surface area contributed by atoms with Crippen molar-refractivity contribution in [2.45, 2.75) is 6.92 Å². The average molecular weight is 384 g/mol. The van der Waals surface area contributed by atoms with Crippen LogP contribution in [0.1, 0.15) is 6.92 Å². The van der Waals surface area contributed by atoms with Crippen molar-refractivity contribution in [2.75, 3.05) is 34.9 Å². The highest BCUT2D eigenvalue weighted by Crippen LogP contribution is 1.97. The predicted octanol–water partition coefficient (Wildman–Crippen LogP) is -0.582. The van der Waals surface area contributed by atoms with Crippen LogP contribution in [0.25, 0.3) is 0 Å². The zero-order valence-corrected chi connectivity index (χ0v) is 15.2. The first kappa shape index (κ1) is 29.8. The van der Waals surface area contributed by atoms with Crippen LogP contribution in [-0.4, -0.2) is 71.4 Å². The Hall–Kier alpha value is -1.13. The van der Waals surface area contributed by atoms with Gasteiger partial charge in [0.05, 0.1) is 14.2 Å². The van der Waals surface area contributed by atoms with Gasteiger partial charge in [0.25, 0.3) is 0 Å². The van der Waals surface area contributed by atoms with Crippen LogP contribution in [0.4, 0.5) is 0 Å². The van der Waals surface area contributed by atoms with Crippen LogP contribution in [0.5, 0.6) is 0 Å². The fraction of sp³-hybridized carbons (Fsp3) is 0.667. The van der Waals surface area contributed by atoms with Crippen molar-refractivity contribution in [3.63, 3.8) is 0 Å². The van der Waals surface area contributed by atoms with Gasteiger partial charge in [0, 0.05) is 6.08 Å². The lowest BCUT2D eigenvalue weighted by Gasteiger charge is -2.23. The molecular weight excluding hydrogens is 360 g/mol. The van der Waals surface area contributed by atoms with Gasteiger partial charge in [0.2, 0.25) is 10.4 Å². The molecule has 0 aliphatic rings. The second-order valence-electron chi connectivity index (χ2n) is 3.67. The number of hydrogen-bond donors (Lipinski definition) is 2. The predicted molar refractivity (Wildman–Crippen MR) is 79.2 cm³/mol. The fourth-order valence-corrected chi connectivity index (χ4v) is 0.345. The summed E-state index contributed by atoms with van der Waals surface area (Å²) in [4.78, 5) is 15.5. The highest BCUT2D eigenvalue weighted by atomic mass is 32.3. The molecule has 0 saturated heterocycles. The molecule has 0 rings (SSSR count). The minimum absolute atomic E-state index is 0. The van der Waals surface area contributed by atoms with Crippen LogP contribution in [0.15, 0.2) is 12.7 Å². The molecule has 142 valence electrons. The Morgan fingerprint density at radius 2 is 1.52 bits per heavy atom. The Labute approximate surface area is 136 Å². The zero-order chi connectivity index (χ0) is 18.6. The molecular formula is C9H24N2O10S2. The van der Waals surface area contributed by atoms with Crippen molar-refractivity contribution in [3.8, 4) is 0 Å². The number of hydrogen-bond acceptors (Lipinski definition) is 10. The molecule has 0 fully saturated rings. The number of carbonyl (C=O) groups excluding carboxylic acids is 1. The normalized spacial score (nSPS) is 10.7. The summed E-state index contributed by atoms with van der Waals surface area (Å²) in [6.45, 7) is 5.98. The van der Waals surface area contributed by atoms with Gasteiger partial charge < -0.3 is 10.7 Å². The van der Waals surface area contributed by atoms with E-state index >= 15 is 0 Å². The SMILES string of the molecule is C=CC(=O)O[N+](C)(C)CC.COS(=O)(=O)O.COS(=O)(=O)[O-].N. The van der Waals surface area contributed by atoms with Gasteiger partial charge in [0.15, 0.2) is 0 Å². The summed E-state index contributed by atoms with van der Waals surface area (Å²) < 4.78 is 61.0. The Kier molecular flexibility index (Phi) is 17.3. The molecule has 0 bridgehead atoms. The number of carbonyl (C=O) groups is 1. The van der Waals surface area contributed by atoms with E-state index in [0.29, 0.717) is 0 Å². The van der Waals surface area contributed by atoms with Crippen LogP contribution in [0, 0.1) is 0 Å². The van der Waals surface area contributed by atoms with E-state index < -0.39 is 20.8 Å². The van der Waals surface area contributed by atoms with E-state index in [1.54, 1.807) is 14.1 Å². The first-order chi connectivity index (χ1) is 9.64. The molecule has 12 nitrogen and oxygen atoms in total. The molecule has 0 aromatic carbocycles. The maximum atomic E-state index is 10.6. The summed E-state index contributed by atoms with van der Waals surface area (Å²) in [5, 5.41) is 0. The lowest BCUT2D eigenvalue weighted by molar-refractivity contribution is -1.06. The third kappa shape index (κ3) is 33.6. The van der Waals surface area contributed by atoms with Crippen LogP contribution in [0.3, 0.4) is 0 Å². The van der Waals surface area contributed by atoms with Gasteiger partial charge in [-0.3, -0.25) is 17.8 Å². The van der Waals surface area contributed by atoms with Crippen LogP contribution >= 0.6 is 0 Å². The minimum atomic E-state index is -4.41. The Balaban J connectivity index is -0.000000122. The summed E-state index contributed by atoms with van der Waals surface area (Å²) in [7, 11) is -3.28. The number of hydroxylamine groups is 3. The molecule has 14 heteroatoms. The van der Waals surface area contributed by atoms with Crippen LogP contribution in [-0.2, 0) is 38.8 Å². The van der Waals surface area contributed by atoms with Gasteiger partial charge in [-0.05, 0) is 6.92 Å². The molecule has 0 atom stereocenters. The molecule has 0 heterocycles. The Bertz CT molecular complexity index is 495. The van der Waals surface area contributed by atoms with Gasteiger partial charge in [0.1, 0.15) is 20.6 Å². The Morgan fingerprint density at radius 1 is 1.22 bits per heavy atom.